The minimum absolute atomic E-state index is 0.155. The number of hydrogen-bond donors (Lipinski definition) is 1. The molecule has 2 aliphatic rings. The number of piperazine rings is 1. The Morgan fingerprint density at radius 2 is 1.84 bits per heavy atom. The Hall–Kier alpha value is -1.34. The first kappa shape index (κ1) is 20.0. The van der Waals surface area contributed by atoms with Crippen molar-refractivity contribution in [3.63, 3.8) is 0 Å². The van der Waals surface area contributed by atoms with Crippen LogP contribution in [-0.2, 0) is 14.3 Å². The molecule has 2 rings (SSSR count). The molecule has 1 aliphatic carbocycles. The highest BCUT2D eigenvalue weighted by molar-refractivity contribution is 5.73. The maximum absolute atomic E-state index is 12.1. The largest absolute Gasteiger partial charge is 0.444 e. The average Bonchev–Trinajstić information content (AvgIpc) is 3.16. The smallest absolute Gasteiger partial charge is 0.408 e. The molecule has 0 radical (unpaired) electrons. The summed E-state index contributed by atoms with van der Waals surface area (Å²) in [5.74, 6) is 0.563. The molecule has 1 N–H and O–H groups in total. The molecule has 1 aliphatic heterocycles. The van der Waals surface area contributed by atoms with Gasteiger partial charge in [0.25, 0.3) is 0 Å². The maximum atomic E-state index is 12.1. The van der Waals surface area contributed by atoms with Gasteiger partial charge in [0.15, 0.2) is 0 Å². The van der Waals surface area contributed by atoms with Gasteiger partial charge in [0.2, 0.25) is 5.91 Å². The zero-order valence-corrected chi connectivity index (χ0v) is 16.3. The van der Waals surface area contributed by atoms with Gasteiger partial charge in [-0.05, 0) is 46.1 Å². The van der Waals surface area contributed by atoms with Crippen molar-refractivity contribution in [2.45, 2.75) is 51.7 Å². The van der Waals surface area contributed by atoms with Crippen molar-refractivity contribution in [1.82, 2.24) is 15.1 Å². The summed E-state index contributed by atoms with van der Waals surface area (Å²) >= 11 is 0. The number of methoxy groups -OCH3 is 1. The van der Waals surface area contributed by atoms with E-state index in [9.17, 15) is 9.59 Å². The SMILES string of the molecule is COC[C@@]1(NC(=O)OC(C)(C)C)C[C@H]1CCN1CCN(C(C)=O)CC1. The fraction of sp³-hybridized carbons (Fsp3) is 0.889. The van der Waals surface area contributed by atoms with E-state index in [1.807, 2.05) is 25.7 Å². The Bertz CT molecular complexity index is 483. The van der Waals surface area contributed by atoms with Crippen LogP contribution in [-0.4, -0.2) is 79.4 Å². The number of hydrogen-bond acceptors (Lipinski definition) is 5. The Kier molecular flexibility index (Phi) is 6.32. The van der Waals surface area contributed by atoms with Gasteiger partial charge in [0.05, 0.1) is 12.1 Å². The van der Waals surface area contributed by atoms with Crippen LogP contribution in [0.5, 0.6) is 0 Å². The number of carbonyl (C=O) groups excluding carboxylic acids is 2. The van der Waals surface area contributed by atoms with Crippen molar-refractivity contribution in [2.24, 2.45) is 5.92 Å². The summed E-state index contributed by atoms with van der Waals surface area (Å²) in [6, 6.07) is 0. The molecule has 0 spiro atoms. The lowest BCUT2D eigenvalue weighted by molar-refractivity contribution is -0.130. The second kappa shape index (κ2) is 7.91. The molecule has 1 saturated carbocycles. The van der Waals surface area contributed by atoms with E-state index in [2.05, 4.69) is 10.2 Å². The minimum Gasteiger partial charge on any atom is -0.444 e. The summed E-state index contributed by atoms with van der Waals surface area (Å²) in [6.45, 7) is 12.2. The summed E-state index contributed by atoms with van der Waals surface area (Å²) in [6.07, 6.45) is 1.56. The molecule has 7 nitrogen and oxygen atoms in total. The molecule has 25 heavy (non-hydrogen) atoms. The van der Waals surface area contributed by atoms with Crippen LogP contribution in [0.4, 0.5) is 4.79 Å². The normalized spacial score (nSPS) is 27.1. The number of alkyl carbamates (subject to hydrolysis) is 1. The van der Waals surface area contributed by atoms with Gasteiger partial charge < -0.3 is 19.7 Å². The molecule has 1 saturated heterocycles. The number of ether oxygens (including phenoxy) is 2. The lowest BCUT2D eigenvalue weighted by atomic mass is 10.1. The molecular formula is C18H33N3O4. The Morgan fingerprint density at radius 1 is 1.20 bits per heavy atom. The van der Waals surface area contributed by atoms with Gasteiger partial charge in [-0.3, -0.25) is 9.69 Å². The zero-order chi connectivity index (χ0) is 18.7. The predicted octanol–water partition coefficient (Wildman–Crippen LogP) is 1.47. The quantitative estimate of drug-likeness (QED) is 0.781. The average molecular weight is 355 g/mol. The molecule has 0 aromatic heterocycles. The summed E-state index contributed by atoms with van der Waals surface area (Å²) in [5.41, 5.74) is -0.794. The molecule has 0 unspecified atom stereocenters. The van der Waals surface area contributed by atoms with Crippen LogP contribution in [0.15, 0.2) is 0 Å². The molecule has 1 heterocycles. The summed E-state index contributed by atoms with van der Waals surface area (Å²) in [5, 5.41) is 3.03. The Balaban J connectivity index is 1.77. The first-order valence-electron chi connectivity index (χ1n) is 9.13. The lowest BCUT2D eigenvalue weighted by Gasteiger charge is -2.34. The van der Waals surface area contributed by atoms with Gasteiger partial charge in [-0.25, -0.2) is 4.79 Å². The molecule has 7 heteroatoms. The highest BCUT2D eigenvalue weighted by Crippen LogP contribution is 2.46. The Labute approximate surface area is 151 Å². The topological polar surface area (TPSA) is 71.1 Å². The number of nitrogens with one attached hydrogen (secondary N) is 1. The lowest BCUT2D eigenvalue weighted by Crippen LogP contribution is -2.48. The van der Waals surface area contributed by atoms with E-state index in [1.165, 1.54) is 0 Å². The van der Waals surface area contributed by atoms with Gasteiger partial charge in [-0.1, -0.05) is 0 Å². The van der Waals surface area contributed by atoms with Crippen LogP contribution in [0.2, 0.25) is 0 Å². The van der Waals surface area contributed by atoms with Gasteiger partial charge in [0.1, 0.15) is 5.60 Å². The third-order valence-electron chi connectivity index (χ3n) is 5.00. The number of carbonyl (C=O) groups is 2. The van der Waals surface area contributed by atoms with Crippen molar-refractivity contribution < 1.29 is 19.1 Å². The van der Waals surface area contributed by atoms with Gasteiger partial charge in [-0.15, -0.1) is 0 Å². The van der Waals surface area contributed by atoms with Crippen molar-refractivity contribution >= 4 is 12.0 Å². The maximum Gasteiger partial charge on any atom is 0.408 e. The molecule has 0 bridgehead atoms. The van der Waals surface area contributed by atoms with Crippen LogP contribution in [0, 0.1) is 5.92 Å². The minimum atomic E-state index is -0.501. The summed E-state index contributed by atoms with van der Waals surface area (Å²) < 4.78 is 10.7. The van der Waals surface area contributed by atoms with Crippen LogP contribution >= 0.6 is 0 Å². The van der Waals surface area contributed by atoms with E-state index in [4.69, 9.17) is 9.47 Å². The van der Waals surface area contributed by atoms with Crippen molar-refractivity contribution in [3.05, 3.63) is 0 Å². The second-order valence-electron chi connectivity index (χ2n) is 8.25. The monoisotopic (exact) mass is 355 g/mol. The van der Waals surface area contributed by atoms with Crippen molar-refractivity contribution in [2.75, 3.05) is 46.4 Å². The highest BCUT2D eigenvalue weighted by Gasteiger charge is 2.55. The van der Waals surface area contributed by atoms with E-state index in [1.54, 1.807) is 14.0 Å². The predicted molar refractivity (Wildman–Crippen MR) is 95.4 cm³/mol. The Morgan fingerprint density at radius 3 is 2.36 bits per heavy atom. The van der Waals surface area contributed by atoms with Crippen molar-refractivity contribution in [1.29, 1.82) is 0 Å². The summed E-state index contributed by atoms with van der Waals surface area (Å²) in [7, 11) is 1.66. The molecule has 2 fully saturated rings. The van der Waals surface area contributed by atoms with Gasteiger partial charge in [0, 0.05) is 40.2 Å². The van der Waals surface area contributed by atoms with Gasteiger partial charge >= 0.3 is 6.09 Å². The molecule has 2 amide bonds. The number of rotatable bonds is 6. The van der Waals surface area contributed by atoms with E-state index in [-0.39, 0.29) is 17.5 Å². The standard InChI is InChI=1S/C18H33N3O4/c1-14(22)21-10-8-20(9-11-21)7-6-15-12-18(15,13-24-5)19-16(23)25-17(2,3)4/h15H,6-13H2,1-5H3,(H,19,23)/t15-,18+/m1/s1. The number of amides is 2. The highest BCUT2D eigenvalue weighted by atomic mass is 16.6. The van der Waals surface area contributed by atoms with E-state index < -0.39 is 5.60 Å². The van der Waals surface area contributed by atoms with E-state index in [0.29, 0.717) is 12.5 Å². The third kappa shape index (κ3) is 5.85. The van der Waals surface area contributed by atoms with Crippen LogP contribution in [0.3, 0.4) is 0 Å². The molecule has 144 valence electrons. The molecule has 0 aromatic carbocycles. The number of nitrogens with zero attached hydrogens (tertiary/aromatic N) is 2. The molecular weight excluding hydrogens is 322 g/mol. The van der Waals surface area contributed by atoms with Crippen LogP contribution < -0.4 is 5.32 Å². The van der Waals surface area contributed by atoms with Crippen LogP contribution in [0.1, 0.15) is 40.5 Å². The summed E-state index contributed by atoms with van der Waals surface area (Å²) in [4.78, 5) is 27.8. The van der Waals surface area contributed by atoms with Crippen molar-refractivity contribution in [3.8, 4) is 0 Å². The molecule has 2 atom stereocenters. The second-order valence-corrected chi connectivity index (χ2v) is 8.25. The fourth-order valence-electron chi connectivity index (χ4n) is 3.51. The van der Waals surface area contributed by atoms with Gasteiger partial charge in [-0.2, -0.15) is 0 Å². The van der Waals surface area contributed by atoms with E-state index in [0.717, 1.165) is 45.6 Å². The third-order valence-corrected chi connectivity index (χ3v) is 5.00. The first-order valence-corrected chi connectivity index (χ1v) is 9.13. The first-order chi connectivity index (χ1) is 11.6. The molecule has 0 aromatic rings. The van der Waals surface area contributed by atoms with E-state index >= 15 is 0 Å². The zero-order valence-electron chi connectivity index (χ0n) is 16.3. The fourth-order valence-corrected chi connectivity index (χ4v) is 3.51. The van der Waals surface area contributed by atoms with Crippen LogP contribution in [0.25, 0.3) is 0 Å².